The predicted molar refractivity (Wildman–Crippen MR) is 94.5 cm³/mol. The van der Waals surface area contributed by atoms with Crippen LogP contribution < -0.4 is 15.5 Å². The van der Waals surface area contributed by atoms with E-state index in [9.17, 15) is 8.78 Å². The molecule has 1 aliphatic rings. The molecule has 0 aliphatic carbocycles. The Morgan fingerprint density at radius 3 is 2.74 bits per heavy atom. The van der Waals surface area contributed by atoms with Crippen molar-refractivity contribution in [1.29, 1.82) is 0 Å². The molecule has 2 N–H and O–H groups in total. The summed E-state index contributed by atoms with van der Waals surface area (Å²) in [6.07, 6.45) is 2.88. The molecule has 4 nitrogen and oxygen atoms in total. The van der Waals surface area contributed by atoms with Crippen LogP contribution in [0, 0.1) is 11.6 Å². The predicted octanol–water partition coefficient (Wildman–Crippen LogP) is 2.46. The molecule has 1 saturated heterocycles. The fraction of sp³-hybridized carbons (Fsp3) is 0.562. The zero-order valence-electron chi connectivity index (χ0n) is 13.8. The van der Waals surface area contributed by atoms with Crippen LogP contribution in [0.25, 0.3) is 0 Å². The lowest BCUT2D eigenvalue weighted by molar-refractivity contribution is 0.576. The highest BCUT2D eigenvalue weighted by molar-refractivity contribution is 7.99. The number of hydrogen-bond acceptors (Lipinski definition) is 3. The van der Waals surface area contributed by atoms with Gasteiger partial charge in [0.25, 0.3) is 0 Å². The van der Waals surface area contributed by atoms with Crippen LogP contribution in [-0.4, -0.2) is 50.2 Å². The van der Waals surface area contributed by atoms with E-state index in [-0.39, 0.29) is 11.7 Å². The molecular formula is C16H24F2N4S. The van der Waals surface area contributed by atoms with Gasteiger partial charge in [0.15, 0.2) is 5.96 Å². The molecule has 0 aromatic heterocycles. The molecule has 1 heterocycles. The molecule has 0 spiro atoms. The van der Waals surface area contributed by atoms with E-state index >= 15 is 0 Å². The molecule has 1 fully saturated rings. The first-order valence-corrected chi connectivity index (χ1v) is 9.03. The zero-order chi connectivity index (χ0) is 16.8. The highest BCUT2D eigenvalue weighted by Gasteiger charge is 2.27. The SMILES string of the molecule is CN=C(NCC(C)SC)NC1CCN(c2c(F)cccc2F)C1. The van der Waals surface area contributed by atoms with Crippen LogP contribution in [0.5, 0.6) is 0 Å². The summed E-state index contributed by atoms with van der Waals surface area (Å²) in [7, 11) is 1.72. The molecule has 0 radical (unpaired) electrons. The molecule has 23 heavy (non-hydrogen) atoms. The molecule has 2 unspecified atom stereocenters. The van der Waals surface area contributed by atoms with E-state index in [1.54, 1.807) is 23.7 Å². The summed E-state index contributed by atoms with van der Waals surface area (Å²) in [5.74, 6) is -0.296. The summed E-state index contributed by atoms with van der Waals surface area (Å²) >= 11 is 1.78. The normalized spacial score (nSPS) is 19.8. The van der Waals surface area contributed by atoms with E-state index < -0.39 is 11.6 Å². The van der Waals surface area contributed by atoms with Crippen LogP contribution in [-0.2, 0) is 0 Å². The van der Waals surface area contributed by atoms with Gasteiger partial charge in [-0.05, 0) is 24.8 Å². The van der Waals surface area contributed by atoms with Gasteiger partial charge < -0.3 is 15.5 Å². The fourth-order valence-corrected chi connectivity index (χ4v) is 2.83. The molecule has 0 saturated carbocycles. The Kier molecular flexibility index (Phi) is 6.50. The van der Waals surface area contributed by atoms with E-state index in [1.165, 1.54) is 18.2 Å². The fourth-order valence-electron chi connectivity index (χ4n) is 2.58. The van der Waals surface area contributed by atoms with E-state index in [0.29, 0.717) is 18.3 Å². The largest absolute Gasteiger partial charge is 0.365 e. The van der Waals surface area contributed by atoms with Crippen molar-refractivity contribution in [2.45, 2.75) is 24.6 Å². The Balaban J connectivity index is 1.92. The number of anilines is 1. The number of thioether (sulfide) groups is 1. The lowest BCUT2D eigenvalue weighted by Gasteiger charge is -2.21. The van der Waals surface area contributed by atoms with Gasteiger partial charge in [0, 0.05) is 38.0 Å². The van der Waals surface area contributed by atoms with E-state index in [1.807, 2.05) is 0 Å². The first-order chi connectivity index (χ1) is 11.0. The number of rotatable bonds is 5. The van der Waals surface area contributed by atoms with Crippen molar-refractivity contribution in [3.05, 3.63) is 29.8 Å². The Hall–Kier alpha value is -1.50. The molecule has 0 bridgehead atoms. The van der Waals surface area contributed by atoms with Crippen LogP contribution in [0.2, 0.25) is 0 Å². The van der Waals surface area contributed by atoms with Crippen LogP contribution >= 0.6 is 11.8 Å². The van der Waals surface area contributed by atoms with E-state index in [0.717, 1.165) is 18.9 Å². The van der Waals surface area contributed by atoms with Crippen molar-refractivity contribution in [2.24, 2.45) is 4.99 Å². The quantitative estimate of drug-likeness (QED) is 0.637. The van der Waals surface area contributed by atoms with Gasteiger partial charge in [-0.15, -0.1) is 0 Å². The average molecular weight is 342 g/mol. The van der Waals surface area contributed by atoms with Gasteiger partial charge >= 0.3 is 0 Å². The van der Waals surface area contributed by atoms with Crippen LogP contribution in [0.4, 0.5) is 14.5 Å². The number of benzene rings is 1. The summed E-state index contributed by atoms with van der Waals surface area (Å²) in [5.41, 5.74) is 0.0655. The van der Waals surface area contributed by atoms with E-state index in [2.05, 4.69) is 28.8 Å². The van der Waals surface area contributed by atoms with Crippen LogP contribution in [0.1, 0.15) is 13.3 Å². The lowest BCUT2D eigenvalue weighted by atomic mass is 10.2. The standard InChI is InChI=1S/C16H24F2N4S/c1-11(23-3)9-20-16(19-2)21-12-7-8-22(10-12)15-13(17)5-4-6-14(15)18/h4-6,11-12H,7-10H2,1-3H3,(H2,19,20,21). The smallest absolute Gasteiger partial charge is 0.191 e. The molecule has 2 atom stereocenters. The highest BCUT2D eigenvalue weighted by atomic mass is 32.2. The molecule has 7 heteroatoms. The molecule has 128 valence electrons. The van der Waals surface area contributed by atoms with E-state index in [4.69, 9.17) is 0 Å². The van der Waals surface area contributed by atoms with Crippen molar-refractivity contribution in [3.8, 4) is 0 Å². The first kappa shape index (κ1) is 17.8. The minimum absolute atomic E-state index is 0.0655. The second-order valence-electron chi connectivity index (χ2n) is 5.65. The maximum absolute atomic E-state index is 13.9. The summed E-state index contributed by atoms with van der Waals surface area (Å²) in [6, 6.07) is 4.09. The molecular weight excluding hydrogens is 318 g/mol. The molecule has 1 aliphatic heterocycles. The number of para-hydroxylation sites is 1. The van der Waals surface area contributed by atoms with Gasteiger partial charge in [-0.25, -0.2) is 8.78 Å². The number of nitrogens with zero attached hydrogens (tertiary/aromatic N) is 2. The Labute approximate surface area is 140 Å². The average Bonchev–Trinajstić information content (AvgIpc) is 2.99. The highest BCUT2D eigenvalue weighted by Crippen LogP contribution is 2.26. The van der Waals surface area contributed by atoms with Crippen molar-refractivity contribution in [3.63, 3.8) is 0 Å². The van der Waals surface area contributed by atoms with Gasteiger partial charge in [0.1, 0.15) is 17.3 Å². The van der Waals surface area contributed by atoms with Gasteiger partial charge in [-0.3, -0.25) is 4.99 Å². The second kappa shape index (κ2) is 8.38. The monoisotopic (exact) mass is 342 g/mol. The minimum Gasteiger partial charge on any atom is -0.365 e. The van der Waals surface area contributed by atoms with Crippen LogP contribution in [0.15, 0.2) is 23.2 Å². The third-order valence-corrected chi connectivity index (χ3v) is 4.94. The minimum atomic E-state index is -0.512. The van der Waals surface area contributed by atoms with Gasteiger partial charge in [0.2, 0.25) is 0 Å². The Morgan fingerprint density at radius 2 is 2.13 bits per heavy atom. The molecule has 2 rings (SSSR count). The number of nitrogens with one attached hydrogen (secondary N) is 2. The number of halogens is 2. The third kappa shape index (κ3) is 4.73. The lowest BCUT2D eigenvalue weighted by Crippen LogP contribution is -2.46. The summed E-state index contributed by atoms with van der Waals surface area (Å²) < 4.78 is 27.7. The maximum Gasteiger partial charge on any atom is 0.191 e. The second-order valence-corrected chi connectivity index (χ2v) is 6.92. The maximum atomic E-state index is 13.9. The Morgan fingerprint density at radius 1 is 1.43 bits per heavy atom. The molecule has 0 amide bonds. The number of guanidine groups is 1. The van der Waals surface area contributed by atoms with Crippen LogP contribution in [0.3, 0.4) is 0 Å². The number of hydrogen-bond donors (Lipinski definition) is 2. The Bertz CT molecular complexity index is 533. The zero-order valence-corrected chi connectivity index (χ0v) is 14.6. The summed E-state index contributed by atoms with van der Waals surface area (Å²) in [6.45, 7) is 4.13. The first-order valence-electron chi connectivity index (χ1n) is 7.74. The molecule has 1 aromatic rings. The summed E-state index contributed by atoms with van der Waals surface area (Å²) in [4.78, 5) is 5.96. The van der Waals surface area contributed by atoms with Crippen molar-refractivity contribution in [1.82, 2.24) is 10.6 Å². The third-order valence-electron chi connectivity index (χ3n) is 3.97. The van der Waals surface area contributed by atoms with Crippen molar-refractivity contribution in [2.75, 3.05) is 37.8 Å². The topological polar surface area (TPSA) is 39.7 Å². The number of aliphatic imine (C=N–C) groups is 1. The van der Waals surface area contributed by atoms with Crippen molar-refractivity contribution < 1.29 is 8.78 Å². The van der Waals surface area contributed by atoms with Gasteiger partial charge in [-0.1, -0.05) is 13.0 Å². The van der Waals surface area contributed by atoms with Gasteiger partial charge in [-0.2, -0.15) is 11.8 Å². The summed E-state index contributed by atoms with van der Waals surface area (Å²) in [5, 5.41) is 7.09. The van der Waals surface area contributed by atoms with Gasteiger partial charge in [0.05, 0.1) is 0 Å². The van der Waals surface area contributed by atoms with Crippen molar-refractivity contribution >= 4 is 23.4 Å². The molecule has 1 aromatic carbocycles.